The molecule has 2 aliphatic carbocycles. The van der Waals surface area contributed by atoms with E-state index in [1.165, 1.54) is 0 Å². The molecule has 0 aromatic carbocycles. The molecular formula is C14H14F3N3O3. The topological polar surface area (TPSA) is 75.5 Å². The molecule has 1 unspecified atom stereocenters. The third kappa shape index (κ3) is 2.57. The number of anilines is 1. The molecule has 1 aromatic heterocycles. The van der Waals surface area contributed by atoms with Crippen LogP contribution in [0, 0.1) is 11.3 Å². The van der Waals surface area contributed by atoms with E-state index in [9.17, 15) is 18.0 Å². The van der Waals surface area contributed by atoms with Gasteiger partial charge in [0.1, 0.15) is 11.9 Å². The molecule has 0 radical (unpaired) electrons. The van der Waals surface area contributed by atoms with Crippen LogP contribution in [0.4, 0.5) is 19.0 Å². The fourth-order valence-electron chi connectivity index (χ4n) is 3.03. The van der Waals surface area contributed by atoms with E-state index in [1.54, 1.807) is 4.90 Å². The zero-order chi connectivity index (χ0) is 16.4. The Labute approximate surface area is 129 Å². The molecule has 1 atom stereocenters. The minimum absolute atomic E-state index is 0.103. The van der Waals surface area contributed by atoms with Crippen molar-refractivity contribution in [3.05, 3.63) is 11.8 Å². The van der Waals surface area contributed by atoms with Crippen LogP contribution in [-0.2, 0) is 11.0 Å². The third-order valence-corrected chi connectivity index (χ3v) is 4.60. The van der Waals surface area contributed by atoms with Crippen molar-refractivity contribution < 1.29 is 27.8 Å². The van der Waals surface area contributed by atoms with Gasteiger partial charge in [-0.05, 0) is 19.3 Å². The Kier molecular flexibility index (Phi) is 2.83. The summed E-state index contributed by atoms with van der Waals surface area (Å²) in [5, 5.41) is 9.00. The van der Waals surface area contributed by atoms with Gasteiger partial charge in [-0.3, -0.25) is 4.79 Å². The summed E-state index contributed by atoms with van der Waals surface area (Å²) in [4.78, 5) is 20.1. The number of carbonyl (C=O) groups is 1. The van der Waals surface area contributed by atoms with Crippen molar-refractivity contribution in [3.8, 4) is 6.01 Å². The molecular weight excluding hydrogens is 315 g/mol. The molecule has 1 spiro atoms. The van der Waals surface area contributed by atoms with Crippen molar-refractivity contribution >= 4 is 11.8 Å². The van der Waals surface area contributed by atoms with Gasteiger partial charge in [0.05, 0.1) is 5.92 Å². The van der Waals surface area contributed by atoms with Gasteiger partial charge >= 0.3 is 18.2 Å². The number of aromatic nitrogens is 2. The molecule has 1 aliphatic heterocycles. The average Bonchev–Trinajstić information content (AvgIpc) is 3.29. The first-order valence-electron chi connectivity index (χ1n) is 7.38. The molecule has 1 saturated heterocycles. The first-order chi connectivity index (χ1) is 10.8. The van der Waals surface area contributed by atoms with Crippen LogP contribution in [0.1, 0.15) is 25.0 Å². The maximum absolute atomic E-state index is 13.0. The van der Waals surface area contributed by atoms with Crippen LogP contribution in [0.25, 0.3) is 0 Å². The summed E-state index contributed by atoms with van der Waals surface area (Å²) in [5.41, 5.74) is -1.34. The van der Waals surface area contributed by atoms with Gasteiger partial charge in [0.25, 0.3) is 0 Å². The molecule has 3 aliphatic rings. The van der Waals surface area contributed by atoms with Crippen LogP contribution in [0.2, 0.25) is 0 Å². The fourth-order valence-corrected chi connectivity index (χ4v) is 3.03. The lowest BCUT2D eigenvalue weighted by Crippen LogP contribution is -2.50. The number of nitrogens with zero attached hydrogens (tertiary/aromatic N) is 3. The summed E-state index contributed by atoms with van der Waals surface area (Å²) >= 11 is 0. The second-order valence-electron chi connectivity index (χ2n) is 6.52. The Morgan fingerprint density at radius 1 is 1.35 bits per heavy atom. The smallest absolute Gasteiger partial charge is 0.433 e. The van der Waals surface area contributed by atoms with Crippen molar-refractivity contribution in [1.82, 2.24) is 9.97 Å². The fraction of sp³-hybridized carbons (Fsp3) is 0.643. The minimum Gasteiger partial charge on any atom is -0.481 e. The highest BCUT2D eigenvalue weighted by Crippen LogP contribution is 2.59. The molecule has 3 fully saturated rings. The summed E-state index contributed by atoms with van der Waals surface area (Å²) in [6.45, 7) is 0.808. The number of alkyl halides is 3. The van der Waals surface area contributed by atoms with E-state index in [4.69, 9.17) is 9.84 Å². The molecule has 9 heteroatoms. The van der Waals surface area contributed by atoms with Crippen molar-refractivity contribution in [1.29, 1.82) is 0 Å². The molecule has 4 rings (SSSR count). The minimum atomic E-state index is -4.58. The number of ether oxygens (including phenoxy) is 1. The number of hydrogen-bond donors (Lipinski definition) is 1. The van der Waals surface area contributed by atoms with Crippen LogP contribution in [0.5, 0.6) is 6.01 Å². The predicted octanol–water partition coefficient (Wildman–Crippen LogP) is 1.95. The molecule has 6 nitrogen and oxygen atoms in total. The Bertz CT molecular complexity index is 669. The Hall–Kier alpha value is -2.06. The van der Waals surface area contributed by atoms with E-state index in [0.717, 1.165) is 18.9 Å². The molecule has 2 saturated carbocycles. The first kappa shape index (κ1) is 14.5. The predicted molar refractivity (Wildman–Crippen MR) is 71.1 cm³/mol. The van der Waals surface area contributed by atoms with Gasteiger partial charge in [-0.15, -0.1) is 0 Å². The van der Waals surface area contributed by atoms with Gasteiger partial charge in [-0.1, -0.05) is 0 Å². The van der Waals surface area contributed by atoms with Crippen LogP contribution < -0.4 is 9.64 Å². The molecule has 0 amide bonds. The lowest BCUT2D eigenvalue weighted by atomic mass is 9.93. The summed E-state index contributed by atoms with van der Waals surface area (Å²) < 4.78 is 44.2. The summed E-state index contributed by atoms with van der Waals surface area (Å²) in [5.74, 6) is -1.10. The van der Waals surface area contributed by atoms with Gasteiger partial charge < -0.3 is 14.7 Å². The van der Waals surface area contributed by atoms with Gasteiger partial charge in [0.15, 0.2) is 5.69 Å². The average molecular weight is 329 g/mol. The van der Waals surface area contributed by atoms with E-state index in [-0.39, 0.29) is 23.3 Å². The highest BCUT2D eigenvalue weighted by atomic mass is 19.4. The van der Waals surface area contributed by atoms with Gasteiger partial charge in [0.2, 0.25) is 0 Å². The molecule has 124 valence electrons. The third-order valence-electron chi connectivity index (χ3n) is 4.60. The molecule has 23 heavy (non-hydrogen) atoms. The zero-order valence-corrected chi connectivity index (χ0v) is 12.0. The van der Waals surface area contributed by atoms with E-state index < -0.39 is 23.8 Å². The van der Waals surface area contributed by atoms with Crippen molar-refractivity contribution in [2.45, 2.75) is 31.5 Å². The van der Waals surface area contributed by atoms with E-state index in [2.05, 4.69) is 9.97 Å². The van der Waals surface area contributed by atoms with Gasteiger partial charge in [0, 0.05) is 24.6 Å². The molecule has 0 bridgehead atoms. The first-order valence-corrected chi connectivity index (χ1v) is 7.38. The van der Waals surface area contributed by atoms with Crippen molar-refractivity contribution in [2.24, 2.45) is 11.3 Å². The molecule has 1 N–H and O–H groups in total. The maximum Gasteiger partial charge on any atom is 0.433 e. The standard InChI is InChI=1S/C14H14F3N3O3/c15-14(16,17)9-3-10(19-12(18-9)23-7-1-2-7)20-5-13(6-20)4-8(13)11(21)22/h3,7-8H,1-2,4-6H2,(H,21,22). The number of aliphatic carboxylic acids is 1. The highest BCUT2D eigenvalue weighted by Gasteiger charge is 2.65. The van der Waals surface area contributed by atoms with E-state index in [1.807, 2.05) is 0 Å². The van der Waals surface area contributed by atoms with Crippen LogP contribution in [-0.4, -0.2) is 40.2 Å². The largest absolute Gasteiger partial charge is 0.481 e. The Morgan fingerprint density at radius 2 is 2.04 bits per heavy atom. The van der Waals surface area contributed by atoms with Gasteiger partial charge in [-0.2, -0.15) is 23.1 Å². The Morgan fingerprint density at radius 3 is 2.57 bits per heavy atom. The number of rotatable bonds is 4. The SMILES string of the molecule is O=C(O)C1CC12CN(c1cc(C(F)(F)F)nc(OC3CC3)n1)C2. The van der Waals surface area contributed by atoms with Gasteiger partial charge in [-0.25, -0.2) is 0 Å². The molecule has 2 heterocycles. The summed E-state index contributed by atoms with van der Waals surface area (Å²) in [7, 11) is 0. The van der Waals surface area contributed by atoms with Crippen molar-refractivity contribution in [2.75, 3.05) is 18.0 Å². The normalized spacial score (nSPS) is 25.2. The van der Waals surface area contributed by atoms with E-state index in [0.29, 0.717) is 19.5 Å². The lowest BCUT2D eigenvalue weighted by Gasteiger charge is -2.41. The zero-order valence-electron chi connectivity index (χ0n) is 12.0. The number of hydrogen-bond acceptors (Lipinski definition) is 5. The highest BCUT2D eigenvalue weighted by molar-refractivity contribution is 5.76. The second kappa shape index (κ2) is 4.48. The summed E-state index contributed by atoms with van der Waals surface area (Å²) in [6, 6.07) is 0.633. The van der Waals surface area contributed by atoms with Crippen molar-refractivity contribution in [3.63, 3.8) is 0 Å². The lowest BCUT2D eigenvalue weighted by molar-refractivity contribution is -0.141. The summed E-state index contributed by atoms with van der Waals surface area (Å²) in [6.07, 6.45) is -2.52. The van der Waals surface area contributed by atoms with Crippen LogP contribution in [0.15, 0.2) is 6.07 Å². The number of carboxylic acid groups (broad SMARTS) is 1. The number of halogens is 3. The van der Waals surface area contributed by atoms with Crippen LogP contribution in [0.3, 0.4) is 0 Å². The quantitative estimate of drug-likeness (QED) is 0.910. The molecule has 1 aromatic rings. The maximum atomic E-state index is 13.0. The number of carboxylic acids is 1. The van der Waals surface area contributed by atoms with E-state index >= 15 is 0 Å². The monoisotopic (exact) mass is 329 g/mol. The Balaban J connectivity index is 1.55. The van der Waals surface area contributed by atoms with Crippen LogP contribution >= 0.6 is 0 Å². The second-order valence-corrected chi connectivity index (χ2v) is 6.52.